The van der Waals surface area contributed by atoms with Gasteiger partial charge in [0, 0.05) is 6.08 Å². The predicted molar refractivity (Wildman–Crippen MR) is 66.8 cm³/mol. The van der Waals surface area contributed by atoms with Crippen molar-refractivity contribution in [2.75, 3.05) is 11.7 Å². The Bertz CT molecular complexity index is 564. The van der Waals surface area contributed by atoms with Crippen molar-refractivity contribution in [1.82, 2.24) is 5.43 Å². The Morgan fingerprint density at radius 3 is 3.06 bits per heavy atom. The predicted octanol–water partition coefficient (Wildman–Crippen LogP) is 0.966. The van der Waals surface area contributed by atoms with Crippen LogP contribution in [0.3, 0.4) is 0 Å². The van der Waals surface area contributed by atoms with Gasteiger partial charge in [-0.05, 0) is 23.8 Å². The lowest BCUT2D eigenvalue weighted by molar-refractivity contribution is -0.131. The van der Waals surface area contributed by atoms with Crippen LogP contribution in [0.25, 0.3) is 6.08 Å². The quantitative estimate of drug-likeness (QED) is 0.771. The molecule has 1 aliphatic rings. The van der Waals surface area contributed by atoms with E-state index in [2.05, 4.69) is 16.5 Å². The molecule has 1 aromatic carbocycles. The summed E-state index contributed by atoms with van der Waals surface area (Å²) in [5.41, 5.74) is 4.73. The third-order valence-electron chi connectivity index (χ3n) is 2.38. The number of nitriles is 1. The van der Waals surface area contributed by atoms with Crippen LogP contribution in [-0.2, 0) is 4.79 Å². The lowest BCUT2D eigenvalue weighted by Crippen LogP contribution is -2.32. The summed E-state index contributed by atoms with van der Waals surface area (Å²) in [6, 6.07) is 7.21. The van der Waals surface area contributed by atoms with Gasteiger partial charge in [0.05, 0.1) is 11.3 Å². The van der Waals surface area contributed by atoms with Crippen LogP contribution in [0.2, 0.25) is 0 Å². The van der Waals surface area contributed by atoms with E-state index < -0.39 is 5.97 Å². The van der Waals surface area contributed by atoms with E-state index in [0.29, 0.717) is 23.5 Å². The molecular formula is C12H10N4O2. The maximum atomic E-state index is 10.4. The summed E-state index contributed by atoms with van der Waals surface area (Å²) >= 11 is 0. The number of aliphatic imine (C=N–C) groups is 1. The van der Waals surface area contributed by atoms with E-state index in [-0.39, 0.29) is 0 Å². The number of benzene rings is 1. The largest absolute Gasteiger partial charge is 0.478 e. The minimum atomic E-state index is -1.02. The lowest BCUT2D eigenvalue weighted by atomic mass is 10.1. The minimum Gasteiger partial charge on any atom is -0.478 e. The summed E-state index contributed by atoms with van der Waals surface area (Å²) in [5.74, 6) is -1.02. The Balaban J connectivity index is 2.29. The fourth-order valence-corrected chi connectivity index (χ4v) is 1.57. The van der Waals surface area contributed by atoms with E-state index in [1.165, 1.54) is 6.08 Å². The average molecular weight is 242 g/mol. The van der Waals surface area contributed by atoms with Gasteiger partial charge in [0.15, 0.2) is 0 Å². The molecule has 0 saturated carbocycles. The molecular weight excluding hydrogens is 232 g/mol. The number of anilines is 1. The maximum Gasteiger partial charge on any atom is 0.328 e. The van der Waals surface area contributed by atoms with Crippen molar-refractivity contribution >= 4 is 24.1 Å². The smallest absolute Gasteiger partial charge is 0.328 e. The molecule has 0 saturated heterocycles. The molecule has 0 radical (unpaired) electrons. The van der Waals surface area contributed by atoms with Gasteiger partial charge < -0.3 is 5.11 Å². The summed E-state index contributed by atoms with van der Waals surface area (Å²) in [7, 11) is 0. The molecule has 0 spiro atoms. The van der Waals surface area contributed by atoms with Crippen LogP contribution in [0, 0.1) is 11.3 Å². The van der Waals surface area contributed by atoms with E-state index in [0.717, 1.165) is 6.08 Å². The van der Waals surface area contributed by atoms with E-state index in [1.807, 2.05) is 0 Å². The van der Waals surface area contributed by atoms with Crippen LogP contribution in [0.1, 0.15) is 11.1 Å². The van der Waals surface area contributed by atoms with Gasteiger partial charge in [-0.25, -0.2) is 4.79 Å². The van der Waals surface area contributed by atoms with Gasteiger partial charge in [0.25, 0.3) is 0 Å². The number of hydrogen-bond acceptors (Lipinski definition) is 5. The second-order valence-electron chi connectivity index (χ2n) is 3.57. The highest BCUT2D eigenvalue weighted by Gasteiger charge is 2.12. The van der Waals surface area contributed by atoms with Crippen LogP contribution >= 0.6 is 0 Å². The van der Waals surface area contributed by atoms with Crippen LogP contribution in [-0.4, -0.2) is 24.1 Å². The molecule has 1 heterocycles. The normalized spacial score (nSPS) is 13.6. The molecule has 90 valence electrons. The molecule has 0 aromatic heterocycles. The summed E-state index contributed by atoms with van der Waals surface area (Å²) in [4.78, 5) is 14.4. The van der Waals surface area contributed by atoms with Crippen molar-refractivity contribution in [3.63, 3.8) is 0 Å². The number of hydrogen-bond donors (Lipinski definition) is 2. The van der Waals surface area contributed by atoms with Crippen LogP contribution < -0.4 is 10.4 Å². The molecule has 18 heavy (non-hydrogen) atoms. The molecule has 1 aromatic rings. The molecule has 0 atom stereocenters. The van der Waals surface area contributed by atoms with Gasteiger partial charge in [-0.1, -0.05) is 6.07 Å². The SMILES string of the molecule is N#Cc1cc(C=CC(=O)O)ccc1N1CN=CN1. The van der Waals surface area contributed by atoms with Crippen molar-refractivity contribution in [2.24, 2.45) is 4.99 Å². The molecule has 0 amide bonds. The average Bonchev–Trinajstić information content (AvgIpc) is 2.89. The number of carboxylic acid groups (broad SMARTS) is 1. The van der Waals surface area contributed by atoms with Gasteiger partial charge in [-0.3, -0.25) is 15.4 Å². The maximum absolute atomic E-state index is 10.4. The standard InChI is InChI=1S/C12H10N4O2/c13-6-10-5-9(2-4-12(17)18)1-3-11(10)16-8-14-7-15-16/h1-5,7H,8H2,(H,14,15)(H,17,18). The number of rotatable bonds is 3. The summed E-state index contributed by atoms with van der Waals surface area (Å²) in [5, 5.41) is 19.4. The Morgan fingerprint density at radius 1 is 1.61 bits per heavy atom. The zero-order valence-corrected chi connectivity index (χ0v) is 9.37. The first kappa shape index (κ1) is 11.7. The highest BCUT2D eigenvalue weighted by Crippen LogP contribution is 2.21. The van der Waals surface area contributed by atoms with Gasteiger partial charge >= 0.3 is 5.97 Å². The van der Waals surface area contributed by atoms with E-state index in [4.69, 9.17) is 10.4 Å². The summed E-state index contributed by atoms with van der Waals surface area (Å²) in [6.45, 7) is 0.443. The topological polar surface area (TPSA) is 88.7 Å². The molecule has 2 rings (SSSR count). The minimum absolute atomic E-state index is 0.443. The Labute approximate surface area is 103 Å². The molecule has 0 bridgehead atoms. The monoisotopic (exact) mass is 242 g/mol. The van der Waals surface area contributed by atoms with E-state index >= 15 is 0 Å². The van der Waals surface area contributed by atoms with Gasteiger partial charge in [-0.15, -0.1) is 0 Å². The first-order valence-electron chi connectivity index (χ1n) is 5.18. The number of hydrazine groups is 1. The van der Waals surface area contributed by atoms with Gasteiger partial charge in [0.1, 0.15) is 19.1 Å². The van der Waals surface area contributed by atoms with Gasteiger partial charge in [0.2, 0.25) is 0 Å². The second kappa shape index (κ2) is 5.01. The van der Waals surface area contributed by atoms with Crippen molar-refractivity contribution in [3.05, 3.63) is 35.4 Å². The second-order valence-corrected chi connectivity index (χ2v) is 3.57. The molecule has 1 aliphatic heterocycles. The summed E-state index contributed by atoms with van der Waals surface area (Å²) < 4.78 is 0. The third kappa shape index (κ3) is 2.47. The third-order valence-corrected chi connectivity index (χ3v) is 2.38. The van der Waals surface area contributed by atoms with Gasteiger partial charge in [-0.2, -0.15) is 5.26 Å². The number of aliphatic carboxylic acids is 1. The molecule has 0 unspecified atom stereocenters. The van der Waals surface area contributed by atoms with Crippen molar-refractivity contribution in [3.8, 4) is 6.07 Å². The number of carbonyl (C=O) groups is 1. The number of carboxylic acids is 1. The Hall–Kier alpha value is -2.81. The van der Waals surface area contributed by atoms with Crippen LogP contribution in [0.4, 0.5) is 5.69 Å². The zero-order chi connectivity index (χ0) is 13.0. The first-order valence-corrected chi connectivity index (χ1v) is 5.18. The summed E-state index contributed by atoms with van der Waals surface area (Å²) in [6.07, 6.45) is 4.04. The van der Waals surface area contributed by atoms with E-state index in [1.54, 1.807) is 29.5 Å². The van der Waals surface area contributed by atoms with E-state index in [9.17, 15) is 4.79 Å². The number of nitrogens with zero attached hydrogens (tertiary/aromatic N) is 3. The molecule has 0 fully saturated rings. The molecule has 6 nitrogen and oxygen atoms in total. The Morgan fingerprint density at radius 2 is 2.44 bits per heavy atom. The van der Waals surface area contributed by atoms with Crippen molar-refractivity contribution < 1.29 is 9.90 Å². The highest BCUT2D eigenvalue weighted by atomic mass is 16.4. The fourth-order valence-electron chi connectivity index (χ4n) is 1.57. The highest BCUT2D eigenvalue weighted by molar-refractivity contribution is 5.85. The number of nitrogens with one attached hydrogen (secondary N) is 1. The van der Waals surface area contributed by atoms with Crippen LogP contribution in [0.15, 0.2) is 29.3 Å². The fraction of sp³-hybridized carbons (Fsp3) is 0.0833. The first-order chi connectivity index (χ1) is 8.70. The van der Waals surface area contributed by atoms with Crippen LogP contribution in [0.5, 0.6) is 0 Å². The molecule has 2 N–H and O–H groups in total. The lowest BCUT2D eigenvalue weighted by Gasteiger charge is -2.18. The molecule has 6 heteroatoms. The zero-order valence-electron chi connectivity index (χ0n) is 9.37. The molecule has 0 aliphatic carbocycles. The van der Waals surface area contributed by atoms with Crippen molar-refractivity contribution in [2.45, 2.75) is 0 Å². The van der Waals surface area contributed by atoms with Crippen molar-refractivity contribution in [1.29, 1.82) is 5.26 Å². The Kier molecular flexibility index (Phi) is 3.25.